The number of nitrogens with one attached hydrogen (secondary N) is 2. The summed E-state index contributed by atoms with van der Waals surface area (Å²) in [6.45, 7) is 1.61. The lowest BCUT2D eigenvalue weighted by atomic mass is 9.97. The van der Waals surface area contributed by atoms with Crippen LogP contribution in [-0.2, 0) is 16.6 Å². The van der Waals surface area contributed by atoms with Gasteiger partial charge in [0.1, 0.15) is 11.8 Å². The molecule has 1 unspecified atom stereocenters. The number of methoxy groups -OCH3 is 1. The number of piperidine rings is 1. The highest BCUT2D eigenvalue weighted by Gasteiger charge is 2.32. The van der Waals surface area contributed by atoms with Crippen LogP contribution in [0.25, 0.3) is 16.6 Å². The van der Waals surface area contributed by atoms with E-state index in [1.165, 1.54) is 4.57 Å². The molecule has 2 amide bonds. The van der Waals surface area contributed by atoms with Crippen molar-refractivity contribution < 1.29 is 14.3 Å². The third-order valence-corrected chi connectivity index (χ3v) is 5.33. The van der Waals surface area contributed by atoms with E-state index in [1.54, 1.807) is 18.7 Å². The fraction of sp³-hybridized carbons (Fsp3) is 0.421. The van der Waals surface area contributed by atoms with Gasteiger partial charge in [-0.3, -0.25) is 24.0 Å². The standard InChI is InChI=1S/C19H22N4O4/c1-22-17-12(23(19(22)26)13-4-6-15(24)21-18(13)25)3-5-14(27-2)16(17)11-7-9-20-10-8-11/h3,5,7,13,20H,4,6,8-10H2,1-2H3,(H,21,24,25). The summed E-state index contributed by atoms with van der Waals surface area (Å²) in [5, 5.41) is 5.63. The van der Waals surface area contributed by atoms with Crippen LogP contribution >= 0.6 is 0 Å². The number of fused-ring (bicyclic) bond motifs is 1. The maximum atomic E-state index is 13.0. The Bertz CT molecular complexity index is 1030. The Hall–Kier alpha value is -2.87. The molecule has 1 fully saturated rings. The van der Waals surface area contributed by atoms with Crippen LogP contribution in [0.3, 0.4) is 0 Å². The third-order valence-electron chi connectivity index (χ3n) is 5.33. The Morgan fingerprint density at radius 2 is 2.00 bits per heavy atom. The van der Waals surface area contributed by atoms with Crippen LogP contribution in [0, 0.1) is 0 Å². The monoisotopic (exact) mass is 370 g/mol. The van der Waals surface area contributed by atoms with Crippen LogP contribution in [0.1, 0.15) is 30.9 Å². The topological polar surface area (TPSA) is 94.4 Å². The number of imide groups is 1. The smallest absolute Gasteiger partial charge is 0.329 e. The first-order valence-corrected chi connectivity index (χ1v) is 9.04. The minimum atomic E-state index is -0.692. The molecule has 8 nitrogen and oxygen atoms in total. The number of carbonyl (C=O) groups is 2. The molecule has 142 valence electrons. The van der Waals surface area contributed by atoms with Crippen molar-refractivity contribution in [2.24, 2.45) is 7.05 Å². The van der Waals surface area contributed by atoms with Gasteiger partial charge in [0.05, 0.1) is 18.1 Å². The Balaban J connectivity index is 1.97. The van der Waals surface area contributed by atoms with E-state index in [2.05, 4.69) is 16.7 Å². The van der Waals surface area contributed by atoms with Crippen molar-refractivity contribution in [3.63, 3.8) is 0 Å². The Kier molecular flexibility index (Phi) is 4.35. The molecule has 0 spiro atoms. The van der Waals surface area contributed by atoms with E-state index in [4.69, 9.17) is 4.74 Å². The third kappa shape index (κ3) is 2.76. The lowest BCUT2D eigenvalue weighted by molar-refractivity contribution is -0.135. The Morgan fingerprint density at radius 3 is 2.67 bits per heavy atom. The predicted octanol–water partition coefficient (Wildman–Crippen LogP) is 0.703. The van der Waals surface area contributed by atoms with Crippen molar-refractivity contribution in [2.45, 2.75) is 25.3 Å². The number of benzene rings is 1. The summed E-state index contributed by atoms with van der Waals surface area (Å²) in [4.78, 5) is 36.9. The van der Waals surface area contributed by atoms with E-state index in [0.29, 0.717) is 17.7 Å². The average Bonchev–Trinajstić information content (AvgIpc) is 2.93. The second kappa shape index (κ2) is 6.70. The number of nitrogens with zero attached hydrogens (tertiary/aromatic N) is 2. The first kappa shape index (κ1) is 17.5. The van der Waals surface area contributed by atoms with E-state index >= 15 is 0 Å². The molecule has 0 bridgehead atoms. The van der Waals surface area contributed by atoms with Gasteiger partial charge in [0.15, 0.2) is 0 Å². The van der Waals surface area contributed by atoms with Gasteiger partial charge in [-0.05, 0) is 37.1 Å². The van der Waals surface area contributed by atoms with Gasteiger partial charge in [0.25, 0.3) is 0 Å². The first-order chi connectivity index (χ1) is 13.0. The zero-order chi connectivity index (χ0) is 19.1. The van der Waals surface area contributed by atoms with Crippen molar-refractivity contribution in [2.75, 3.05) is 20.2 Å². The SMILES string of the molecule is COc1ccc2c(c1C1=CCNCC1)n(C)c(=O)n2C1CCC(=O)NC1=O. The number of hydrogen-bond donors (Lipinski definition) is 2. The summed E-state index contributed by atoms with van der Waals surface area (Å²) in [5.74, 6) is -0.0299. The summed E-state index contributed by atoms with van der Waals surface area (Å²) in [6, 6.07) is 2.95. The van der Waals surface area contributed by atoms with Gasteiger partial charge in [-0.2, -0.15) is 0 Å². The fourth-order valence-corrected chi connectivity index (χ4v) is 4.02. The maximum absolute atomic E-state index is 13.0. The van der Waals surface area contributed by atoms with Crippen molar-refractivity contribution in [1.82, 2.24) is 19.8 Å². The Labute approximate surface area is 155 Å². The lowest BCUT2D eigenvalue weighted by Gasteiger charge is -2.22. The number of aryl methyl sites for hydroxylation is 1. The van der Waals surface area contributed by atoms with Gasteiger partial charge in [-0.1, -0.05) is 6.08 Å². The molecule has 1 aromatic heterocycles. The quantitative estimate of drug-likeness (QED) is 0.776. The second-order valence-corrected chi connectivity index (χ2v) is 6.87. The minimum Gasteiger partial charge on any atom is -0.496 e. The van der Waals surface area contributed by atoms with E-state index < -0.39 is 11.9 Å². The highest BCUT2D eigenvalue weighted by Crippen LogP contribution is 2.36. The van der Waals surface area contributed by atoms with Gasteiger partial charge < -0.3 is 10.1 Å². The molecule has 2 aliphatic heterocycles. The molecular weight excluding hydrogens is 348 g/mol. The molecule has 3 heterocycles. The van der Waals surface area contributed by atoms with E-state index in [-0.39, 0.29) is 18.0 Å². The van der Waals surface area contributed by atoms with E-state index in [9.17, 15) is 14.4 Å². The molecule has 0 radical (unpaired) electrons. The largest absolute Gasteiger partial charge is 0.496 e. The number of hydrogen-bond acceptors (Lipinski definition) is 5. The molecule has 8 heteroatoms. The summed E-state index contributed by atoms with van der Waals surface area (Å²) in [7, 11) is 3.32. The van der Waals surface area contributed by atoms with Crippen molar-refractivity contribution in [3.8, 4) is 5.75 Å². The van der Waals surface area contributed by atoms with Crippen LogP contribution in [0.15, 0.2) is 23.0 Å². The van der Waals surface area contributed by atoms with Gasteiger partial charge in [0.2, 0.25) is 11.8 Å². The molecule has 1 aromatic carbocycles. The summed E-state index contributed by atoms with van der Waals surface area (Å²) in [5.41, 5.74) is 3.15. The molecule has 4 rings (SSSR count). The Morgan fingerprint density at radius 1 is 1.19 bits per heavy atom. The van der Waals surface area contributed by atoms with Crippen LogP contribution in [0.4, 0.5) is 0 Å². The molecule has 2 aromatic rings. The summed E-state index contributed by atoms with van der Waals surface area (Å²) in [6.07, 6.45) is 3.47. The van der Waals surface area contributed by atoms with Gasteiger partial charge >= 0.3 is 5.69 Å². The molecule has 2 aliphatic rings. The molecule has 0 saturated carbocycles. The van der Waals surface area contributed by atoms with E-state index in [1.807, 2.05) is 12.1 Å². The number of ether oxygens (including phenoxy) is 1. The van der Waals surface area contributed by atoms with Gasteiger partial charge in [-0.15, -0.1) is 0 Å². The minimum absolute atomic E-state index is 0.221. The van der Waals surface area contributed by atoms with Crippen LogP contribution in [0.2, 0.25) is 0 Å². The van der Waals surface area contributed by atoms with Gasteiger partial charge in [-0.25, -0.2) is 4.79 Å². The normalized spacial score (nSPS) is 20.5. The molecular formula is C19H22N4O4. The number of aromatic nitrogens is 2. The summed E-state index contributed by atoms with van der Waals surface area (Å²) >= 11 is 0. The number of imidazole rings is 1. The first-order valence-electron chi connectivity index (χ1n) is 9.04. The highest BCUT2D eigenvalue weighted by atomic mass is 16.5. The molecule has 2 N–H and O–H groups in total. The lowest BCUT2D eigenvalue weighted by Crippen LogP contribution is -2.44. The zero-order valence-electron chi connectivity index (χ0n) is 15.4. The second-order valence-electron chi connectivity index (χ2n) is 6.87. The van der Waals surface area contributed by atoms with Crippen LogP contribution < -0.4 is 21.1 Å². The van der Waals surface area contributed by atoms with Crippen molar-refractivity contribution in [1.29, 1.82) is 0 Å². The van der Waals surface area contributed by atoms with Crippen LogP contribution in [0.5, 0.6) is 5.75 Å². The zero-order valence-corrected chi connectivity index (χ0v) is 15.4. The van der Waals surface area contributed by atoms with Crippen LogP contribution in [-0.4, -0.2) is 41.1 Å². The van der Waals surface area contributed by atoms with Crippen molar-refractivity contribution >= 4 is 28.4 Å². The highest BCUT2D eigenvalue weighted by molar-refractivity contribution is 6.00. The molecule has 1 atom stereocenters. The number of carbonyl (C=O) groups excluding carboxylic acids is 2. The fourth-order valence-electron chi connectivity index (χ4n) is 4.02. The maximum Gasteiger partial charge on any atom is 0.329 e. The predicted molar refractivity (Wildman–Crippen MR) is 101 cm³/mol. The number of rotatable bonds is 3. The van der Waals surface area contributed by atoms with Gasteiger partial charge in [0, 0.05) is 25.6 Å². The molecule has 1 saturated heterocycles. The van der Waals surface area contributed by atoms with Crippen molar-refractivity contribution in [3.05, 3.63) is 34.3 Å². The average molecular weight is 370 g/mol. The number of amides is 2. The molecule has 27 heavy (non-hydrogen) atoms. The molecule has 0 aliphatic carbocycles. The summed E-state index contributed by atoms with van der Waals surface area (Å²) < 4.78 is 8.65. The van der Waals surface area contributed by atoms with E-state index in [0.717, 1.165) is 36.2 Å².